The Morgan fingerprint density at radius 3 is 2.35 bits per heavy atom. The first-order chi connectivity index (χ1) is 16.6. The summed E-state index contributed by atoms with van der Waals surface area (Å²) in [7, 11) is 0. The molecule has 0 aliphatic heterocycles. The van der Waals surface area contributed by atoms with Crippen LogP contribution in [0.25, 0.3) is 21.8 Å². The Labute approximate surface area is 197 Å². The van der Waals surface area contributed by atoms with E-state index in [0.29, 0.717) is 26.2 Å². The molecule has 0 saturated carbocycles. The van der Waals surface area contributed by atoms with E-state index >= 15 is 0 Å². The highest BCUT2D eigenvalue weighted by atomic mass is 16.5. The van der Waals surface area contributed by atoms with E-state index in [9.17, 15) is 9.59 Å². The Kier molecular flexibility index (Phi) is 6.21. The lowest BCUT2D eigenvalue weighted by Gasteiger charge is -2.10. The van der Waals surface area contributed by atoms with Crippen molar-refractivity contribution in [3.05, 3.63) is 71.8 Å². The van der Waals surface area contributed by atoms with Crippen LogP contribution in [0, 0.1) is 0 Å². The number of unbranched alkanes of at least 4 members (excludes halogenated alkanes) is 1. The van der Waals surface area contributed by atoms with Gasteiger partial charge in [0, 0.05) is 40.9 Å². The van der Waals surface area contributed by atoms with Gasteiger partial charge < -0.3 is 19.1 Å². The second-order valence-electron chi connectivity index (χ2n) is 8.64. The Morgan fingerprint density at radius 1 is 0.853 bits per heavy atom. The molecule has 6 heteroatoms. The summed E-state index contributed by atoms with van der Waals surface area (Å²) < 4.78 is 13.9. The molecule has 1 heterocycles. The third-order valence-electron chi connectivity index (χ3n) is 6.37. The fraction of sp³-hybridized carbons (Fsp3) is 0.286. The van der Waals surface area contributed by atoms with E-state index in [1.807, 2.05) is 54.6 Å². The van der Waals surface area contributed by atoms with Crippen molar-refractivity contribution in [2.45, 2.75) is 38.6 Å². The first kappa shape index (κ1) is 22.0. The Balaban J connectivity index is 1.18. The summed E-state index contributed by atoms with van der Waals surface area (Å²) in [5.41, 5.74) is 3.93. The Hall–Kier alpha value is -3.80. The van der Waals surface area contributed by atoms with Crippen LogP contribution in [0.15, 0.2) is 60.7 Å². The highest BCUT2D eigenvalue weighted by Crippen LogP contribution is 2.32. The zero-order valence-electron chi connectivity index (χ0n) is 19.0. The molecule has 0 saturated heterocycles. The van der Waals surface area contributed by atoms with E-state index in [4.69, 9.17) is 14.6 Å². The normalized spacial score (nSPS) is 12.9. The van der Waals surface area contributed by atoms with Crippen molar-refractivity contribution in [1.82, 2.24) is 4.57 Å². The highest BCUT2D eigenvalue weighted by Gasteiger charge is 2.19. The van der Waals surface area contributed by atoms with Crippen LogP contribution in [-0.2, 0) is 17.8 Å². The predicted molar refractivity (Wildman–Crippen MR) is 131 cm³/mol. The molecule has 1 aliphatic carbocycles. The monoisotopic (exact) mass is 457 g/mol. The Bertz CT molecular complexity index is 1370. The van der Waals surface area contributed by atoms with Gasteiger partial charge in [-0.3, -0.25) is 9.59 Å². The topological polar surface area (TPSA) is 77.8 Å². The number of hydrogen-bond acceptors (Lipinski definition) is 4. The summed E-state index contributed by atoms with van der Waals surface area (Å²) in [4.78, 5) is 23.0. The maximum absolute atomic E-state index is 11.9. The summed E-state index contributed by atoms with van der Waals surface area (Å²) in [5.74, 6) is 0.902. The van der Waals surface area contributed by atoms with Gasteiger partial charge in [-0.15, -0.1) is 0 Å². The van der Waals surface area contributed by atoms with Crippen LogP contribution in [0.3, 0.4) is 0 Å². The maximum atomic E-state index is 11.9. The van der Waals surface area contributed by atoms with Crippen LogP contribution in [0.1, 0.15) is 41.6 Å². The fourth-order valence-electron chi connectivity index (χ4n) is 4.66. The van der Waals surface area contributed by atoms with Crippen molar-refractivity contribution in [2.24, 2.45) is 0 Å². The van der Waals surface area contributed by atoms with Crippen LogP contribution in [0.5, 0.6) is 11.5 Å². The molecular weight excluding hydrogens is 430 g/mol. The number of carboxylic acid groups (broad SMARTS) is 1. The highest BCUT2D eigenvalue weighted by molar-refractivity contribution is 6.08. The number of benzene rings is 3. The number of carbonyl (C=O) groups is 2. The van der Waals surface area contributed by atoms with Crippen LogP contribution in [0.4, 0.5) is 0 Å². The number of para-hydroxylation sites is 1. The molecule has 1 aliphatic rings. The molecule has 0 bridgehead atoms. The van der Waals surface area contributed by atoms with Gasteiger partial charge in [0.1, 0.15) is 11.5 Å². The zero-order chi connectivity index (χ0) is 23.5. The first-order valence-electron chi connectivity index (χ1n) is 11.7. The quantitative estimate of drug-likeness (QED) is 0.312. The van der Waals surface area contributed by atoms with E-state index in [1.54, 1.807) is 0 Å². The lowest BCUT2D eigenvalue weighted by molar-refractivity contribution is -0.137. The maximum Gasteiger partial charge on any atom is 0.305 e. The molecule has 0 unspecified atom stereocenters. The summed E-state index contributed by atoms with van der Waals surface area (Å²) in [6.07, 6.45) is 3.17. The fourth-order valence-corrected chi connectivity index (χ4v) is 4.66. The van der Waals surface area contributed by atoms with Crippen molar-refractivity contribution in [3.63, 3.8) is 0 Å². The van der Waals surface area contributed by atoms with E-state index in [1.165, 1.54) is 0 Å². The number of aromatic nitrogens is 1. The second-order valence-corrected chi connectivity index (χ2v) is 8.64. The van der Waals surface area contributed by atoms with Gasteiger partial charge in [-0.05, 0) is 55.2 Å². The van der Waals surface area contributed by atoms with Gasteiger partial charge >= 0.3 is 5.97 Å². The Morgan fingerprint density at radius 2 is 1.56 bits per heavy atom. The number of ether oxygens (including phenoxy) is 2. The summed E-state index contributed by atoms with van der Waals surface area (Å²) in [6, 6.07) is 19.8. The van der Waals surface area contributed by atoms with Gasteiger partial charge in [-0.2, -0.15) is 0 Å². The average molecular weight is 458 g/mol. The largest absolute Gasteiger partial charge is 0.494 e. The lowest BCUT2D eigenvalue weighted by atomic mass is 10.1. The number of ketones is 1. The van der Waals surface area contributed by atoms with Gasteiger partial charge in [0.05, 0.1) is 25.2 Å². The van der Waals surface area contributed by atoms with E-state index in [-0.39, 0.29) is 12.2 Å². The first-order valence-corrected chi connectivity index (χ1v) is 11.7. The van der Waals surface area contributed by atoms with Crippen LogP contribution < -0.4 is 9.47 Å². The standard InChI is InChI=1S/C28H27NO5/c30-27-12-8-19-7-9-20(17-24(19)27)33-15-3-4-16-34-21-10-11-23-22-5-1-2-6-25(22)29(26(23)18-21)14-13-28(31)32/h1-2,5-7,9-11,17-18H,3-4,8,12-16H2,(H,31,32). The molecule has 174 valence electrons. The molecular formula is C28H27NO5. The smallest absolute Gasteiger partial charge is 0.305 e. The third kappa shape index (κ3) is 4.49. The van der Waals surface area contributed by atoms with Crippen LogP contribution in [-0.4, -0.2) is 34.6 Å². The molecule has 0 fully saturated rings. The zero-order valence-corrected chi connectivity index (χ0v) is 19.0. The van der Waals surface area contributed by atoms with Gasteiger partial charge in [-0.1, -0.05) is 24.3 Å². The number of aliphatic carboxylic acids is 1. The van der Waals surface area contributed by atoms with Crippen LogP contribution >= 0.6 is 0 Å². The third-order valence-corrected chi connectivity index (χ3v) is 6.37. The van der Waals surface area contributed by atoms with E-state index < -0.39 is 5.97 Å². The molecule has 0 amide bonds. The number of nitrogens with zero attached hydrogens (tertiary/aromatic N) is 1. The predicted octanol–water partition coefficient (Wildman–Crippen LogP) is 5.64. The lowest BCUT2D eigenvalue weighted by Crippen LogP contribution is -2.05. The van der Waals surface area contributed by atoms with Crippen molar-refractivity contribution in [1.29, 1.82) is 0 Å². The van der Waals surface area contributed by atoms with Crippen molar-refractivity contribution in [3.8, 4) is 11.5 Å². The molecule has 1 aromatic heterocycles. The summed E-state index contributed by atoms with van der Waals surface area (Å²) >= 11 is 0. The molecule has 4 aromatic rings. The molecule has 34 heavy (non-hydrogen) atoms. The minimum absolute atomic E-state index is 0.0667. The molecule has 5 rings (SSSR count). The summed E-state index contributed by atoms with van der Waals surface area (Å²) in [6.45, 7) is 1.54. The number of carboxylic acids is 1. The molecule has 0 spiro atoms. The minimum atomic E-state index is -0.813. The van der Waals surface area contributed by atoms with Gasteiger partial charge in [-0.25, -0.2) is 0 Å². The molecule has 3 aromatic carbocycles. The van der Waals surface area contributed by atoms with Gasteiger partial charge in [0.25, 0.3) is 0 Å². The summed E-state index contributed by atoms with van der Waals surface area (Å²) in [5, 5.41) is 11.4. The molecule has 6 nitrogen and oxygen atoms in total. The number of fused-ring (bicyclic) bond motifs is 4. The molecule has 0 atom stereocenters. The molecule has 0 radical (unpaired) electrons. The number of Topliss-reactive ketones (excluding diaryl/α,β-unsaturated/α-hetero) is 1. The van der Waals surface area contributed by atoms with Crippen molar-refractivity contribution >= 4 is 33.6 Å². The average Bonchev–Trinajstić information content (AvgIpc) is 3.37. The molecule has 1 N–H and O–H groups in total. The number of aryl methyl sites for hydroxylation is 2. The number of rotatable bonds is 10. The van der Waals surface area contributed by atoms with E-state index in [0.717, 1.165) is 63.7 Å². The number of hydrogen-bond donors (Lipinski definition) is 1. The van der Waals surface area contributed by atoms with Crippen LogP contribution in [0.2, 0.25) is 0 Å². The number of carbonyl (C=O) groups excluding carboxylic acids is 1. The van der Waals surface area contributed by atoms with Gasteiger partial charge in [0.2, 0.25) is 0 Å². The van der Waals surface area contributed by atoms with Gasteiger partial charge in [0.15, 0.2) is 5.78 Å². The van der Waals surface area contributed by atoms with E-state index in [2.05, 4.69) is 10.6 Å². The van der Waals surface area contributed by atoms with Crippen molar-refractivity contribution < 1.29 is 24.2 Å². The second kappa shape index (κ2) is 9.59. The minimum Gasteiger partial charge on any atom is -0.494 e. The van der Waals surface area contributed by atoms with Crippen molar-refractivity contribution in [2.75, 3.05) is 13.2 Å². The SMILES string of the molecule is O=C(O)CCn1c2ccccc2c2ccc(OCCCCOc3ccc4c(c3)C(=O)CC4)cc21.